The first kappa shape index (κ1) is 14.8. The molecule has 3 aliphatic rings. The van der Waals surface area contributed by atoms with Gasteiger partial charge in [0.2, 0.25) is 0 Å². The van der Waals surface area contributed by atoms with E-state index in [9.17, 15) is 0 Å². The van der Waals surface area contributed by atoms with Crippen LogP contribution >= 0.6 is 0 Å². The number of hydrogen-bond acceptors (Lipinski definition) is 3. The third-order valence-electron chi connectivity index (χ3n) is 5.83. The van der Waals surface area contributed by atoms with Gasteiger partial charge in [0.1, 0.15) is 0 Å². The summed E-state index contributed by atoms with van der Waals surface area (Å²) >= 11 is 0. The Labute approximate surface area is 125 Å². The van der Waals surface area contributed by atoms with Crippen molar-refractivity contribution < 1.29 is 0 Å². The van der Waals surface area contributed by atoms with Crippen molar-refractivity contribution >= 4 is 0 Å². The molecule has 1 saturated heterocycles. The zero-order valence-corrected chi connectivity index (χ0v) is 13.5. The number of rotatable bonds is 5. The minimum absolute atomic E-state index is 0.574. The van der Waals surface area contributed by atoms with Gasteiger partial charge in [0, 0.05) is 45.3 Å². The topological polar surface area (TPSA) is 18.5 Å². The molecule has 3 fully saturated rings. The molecule has 20 heavy (non-hydrogen) atoms. The average molecular weight is 279 g/mol. The van der Waals surface area contributed by atoms with Gasteiger partial charge in [-0.1, -0.05) is 19.8 Å². The van der Waals surface area contributed by atoms with Crippen molar-refractivity contribution in [3.8, 4) is 0 Å². The Kier molecular flexibility index (Phi) is 4.68. The first-order valence-electron chi connectivity index (χ1n) is 8.80. The van der Waals surface area contributed by atoms with Crippen LogP contribution in [0.25, 0.3) is 0 Å². The molecule has 1 N–H and O–H groups in total. The van der Waals surface area contributed by atoms with Gasteiger partial charge < -0.3 is 15.1 Å². The van der Waals surface area contributed by atoms with Crippen molar-refractivity contribution in [2.24, 2.45) is 11.3 Å². The molecule has 0 atom stereocenters. The standard InChI is InChI=1S/C17H33N3/c1-15-5-7-17(8-6-15,13-18-16-3-4-16)14-20-11-9-19(2)10-12-20/h15-16,18H,3-14H2,1-2H3. The molecule has 116 valence electrons. The van der Waals surface area contributed by atoms with Crippen LogP contribution in [0, 0.1) is 11.3 Å². The normalized spacial score (nSPS) is 37.2. The third-order valence-corrected chi connectivity index (χ3v) is 5.83. The van der Waals surface area contributed by atoms with Gasteiger partial charge in [0.15, 0.2) is 0 Å². The Balaban J connectivity index is 1.55. The van der Waals surface area contributed by atoms with E-state index in [0.717, 1.165) is 12.0 Å². The maximum absolute atomic E-state index is 3.84. The number of nitrogens with one attached hydrogen (secondary N) is 1. The molecule has 0 bridgehead atoms. The summed E-state index contributed by atoms with van der Waals surface area (Å²) in [4.78, 5) is 5.21. The van der Waals surface area contributed by atoms with Crippen molar-refractivity contribution in [3.63, 3.8) is 0 Å². The summed E-state index contributed by atoms with van der Waals surface area (Å²) < 4.78 is 0. The fraction of sp³-hybridized carbons (Fsp3) is 1.00. The highest BCUT2D eigenvalue weighted by Crippen LogP contribution is 2.40. The lowest BCUT2D eigenvalue weighted by molar-refractivity contribution is 0.0592. The second kappa shape index (κ2) is 6.33. The predicted octanol–water partition coefficient (Wildman–Crippen LogP) is 2.18. The SMILES string of the molecule is CC1CCC(CNC2CC2)(CN2CCN(C)CC2)CC1. The highest BCUT2D eigenvalue weighted by Gasteiger charge is 2.37. The fourth-order valence-electron chi connectivity index (χ4n) is 3.89. The van der Waals surface area contributed by atoms with Crippen LogP contribution in [0.2, 0.25) is 0 Å². The molecule has 2 aliphatic carbocycles. The van der Waals surface area contributed by atoms with E-state index < -0.39 is 0 Å². The predicted molar refractivity (Wildman–Crippen MR) is 85.0 cm³/mol. The molecule has 0 aromatic carbocycles. The molecule has 0 spiro atoms. The van der Waals surface area contributed by atoms with Crippen molar-refractivity contribution in [1.29, 1.82) is 0 Å². The molecule has 0 radical (unpaired) electrons. The first-order valence-corrected chi connectivity index (χ1v) is 8.80. The first-order chi connectivity index (χ1) is 9.65. The van der Waals surface area contributed by atoms with Crippen LogP contribution in [0.15, 0.2) is 0 Å². The lowest BCUT2D eigenvalue weighted by Crippen LogP contribution is -2.52. The van der Waals surface area contributed by atoms with E-state index in [1.807, 2.05) is 0 Å². The van der Waals surface area contributed by atoms with Gasteiger partial charge in [0.05, 0.1) is 0 Å². The van der Waals surface area contributed by atoms with Gasteiger partial charge in [-0.2, -0.15) is 0 Å². The fourth-order valence-corrected chi connectivity index (χ4v) is 3.89. The lowest BCUT2D eigenvalue weighted by Gasteiger charge is -2.45. The molecule has 0 amide bonds. The van der Waals surface area contributed by atoms with Crippen LogP contribution in [0.1, 0.15) is 45.4 Å². The minimum Gasteiger partial charge on any atom is -0.313 e. The molecular weight excluding hydrogens is 246 g/mol. The van der Waals surface area contributed by atoms with Crippen LogP contribution in [0.4, 0.5) is 0 Å². The molecular formula is C17H33N3. The van der Waals surface area contributed by atoms with Crippen molar-refractivity contribution in [2.75, 3.05) is 46.3 Å². The van der Waals surface area contributed by atoms with E-state index in [0.29, 0.717) is 5.41 Å². The summed E-state index contributed by atoms with van der Waals surface area (Å²) in [6.07, 6.45) is 8.61. The van der Waals surface area contributed by atoms with E-state index in [1.54, 1.807) is 0 Å². The number of piperazine rings is 1. The van der Waals surface area contributed by atoms with Gasteiger partial charge in [-0.05, 0) is 44.1 Å². The van der Waals surface area contributed by atoms with Crippen LogP contribution < -0.4 is 5.32 Å². The second-order valence-electron chi connectivity index (χ2n) is 7.92. The molecule has 1 aliphatic heterocycles. The summed E-state index contributed by atoms with van der Waals surface area (Å²) in [5.41, 5.74) is 0.574. The maximum Gasteiger partial charge on any atom is 0.0110 e. The summed E-state index contributed by atoms with van der Waals surface area (Å²) in [7, 11) is 2.25. The Hall–Kier alpha value is -0.120. The highest BCUT2D eigenvalue weighted by molar-refractivity contribution is 4.93. The van der Waals surface area contributed by atoms with E-state index in [4.69, 9.17) is 0 Å². The summed E-state index contributed by atoms with van der Waals surface area (Å²) in [5.74, 6) is 0.955. The quantitative estimate of drug-likeness (QED) is 0.832. The smallest absolute Gasteiger partial charge is 0.0110 e. The molecule has 3 heteroatoms. The molecule has 0 aromatic rings. The monoisotopic (exact) mass is 279 g/mol. The molecule has 2 saturated carbocycles. The van der Waals surface area contributed by atoms with Crippen molar-refractivity contribution in [1.82, 2.24) is 15.1 Å². The van der Waals surface area contributed by atoms with Crippen molar-refractivity contribution in [2.45, 2.75) is 51.5 Å². The minimum atomic E-state index is 0.574. The third kappa shape index (κ3) is 3.96. The van der Waals surface area contributed by atoms with Gasteiger partial charge >= 0.3 is 0 Å². The summed E-state index contributed by atoms with van der Waals surface area (Å²) in [6.45, 7) is 10.1. The molecule has 3 rings (SSSR count). The van der Waals surface area contributed by atoms with Gasteiger partial charge in [-0.25, -0.2) is 0 Å². The Morgan fingerprint density at radius 3 is 2.25 bits per heavy atom. The number of hydrogen-bond donors (Lipinski definition) is 1. The van der Waals surface area contributed by atoms with E-state index in [2.05, 4.69) is 29.1 Å². The Morgan fingerprint density at radius 1 is 1.00 bits per heavy atom. The lowest BCUT2D eigenvalue weighted by atomic mass is 9.70. The second-order valence-corrected chi connectivity index (χ2v) is 7.92. The Morgan fingerprint density at radius 2 is 1.65 bits per heavy atom. The van der Waals surface area contributed by atoms with Gasteiger partial charge in [-0.15, -0.1) is 0 Å². The molecule has 3 nitrogen and oxygen atoms in total. The van der Waals surface area contributed by atoms with Crippen LogP contribution in [-0.2, 0) is 0 Å². The summed E-state index contributed by atoms with van der Waals surface area (Å²) in [6, 6.07) is 0.860. The molecule has 0 aromatic heterocycles. The zero-order chi connectivity index (χ0) is 14.0. The van der Waals surface area contributed by atoms with Crippen LogP contribution in [0.3, 0.4) is 0 Å². The van der Waals surface area contributed by atoms with E-state index in [1.165, 1.54) is 77.8 Å². The van der Waals surface area contributed by atoms with Gasteiger partial charge in [-0.3, -0.25) is 0 Å². The average Bonchev–Trinajstić information content (AvgIpc) is 3.27. The summed E-state index contributed by atoms with van der Waals surface area (Å²) in [5, 5.41) is 3.84. The number of likely N-dealkylation sites (N-methyl/N-ethyl adjacent to an activating group) is 1. The number of nitrogens with zero attached hydrogens (tertiary/aromatic N) is 2. The largest absolute Gasteiger partial charge is 0.313 e. The molecule has 0 unspecified atom stereocenters. The van der Waals surface area contributed by atoms with Gasteiger partial charge in [0.25, 0.3) is 0 Å². The van der Waals surface area contributed by atoms with E-state index in [-0.39, 0.29) is 0 Å². The van der Waals surface area contributed by atoms with E-state index >= 15 is 0 Å². The van der Waals surface area contributed by atoms with Crippen molar-refractivity contribution in [3.05, 3.63) is 0 Å². The molecule has 1 heterocycles. The zero-order valence-electron chi connectivity index (χ0n) is 13.5. The van der Waals surface area contributed by atoms with Crippen LogP contribution in [0.5, 0.6) is 0 Å². The highest BCUT2D eigenvalue weighted by atomic mass is 15.2. The Bertz CT molecular complexity index is 297. The van der Waals surface area contributed by atoms with Crippen LogP contribution in [-0.4, -0.2) is 62.2 Å². The maximum atomic E-state index is 3.84.